The van der Waals surface area contributed by atoms with Gasteiger partial charge in [0.15, 0.2) is 0 Å². The van der Waals surface area contributed by atoms with E-state index in [4.69, 9.17) is 5.26 Å². The number of imidazole rings is 1. The fraction of sp³-hybridized carbons (Fsp3) is 0.556. The molecule has 0 aliphatic rings. The number of aryl methyl sites for hydroxylation is 1. The molecule has 70 valence electrons. The molecule has 0 radical (unpaired) electrons. The maximum absolute atomic E-state index is 8.50. The lowest BCUT2D eigenvalue weighted by Gasteiger charge is -2.03. The molecule has 4 heteroatoms. The van der Waals surface area contributed by atoms with Crippen molar-refractivity contribution in [2.75, 3.05) is 6.54 Å². The zero-order valence-corrected chi connectivity index (χ0v) is 7.96. The number of nitrogens with one attached hydrogen (secondary N) is 2. The van der Waals surface area contributed by atoms with Crippen LogP contribution in [0, 0.1) is 18.3 Å². The van der Waals surface area contributed by atoms with Crippen LogP contribution in [0.25, 0.3) is 0 Å². The summed E-state index contributed by atoms with van der Waals surface area (Å²) in [5, 5.41) is 11.6. The zero-order valence-electron chi connectivity index (χ0n) is 7.96. The maximum atomic E-state index is 8.50. The fourth-order valence-corrected chi connectivity index (χ4v) is 1.06. The highest BCUT2D eigenvalue weighted by Crippen LogP contribution is 1.95. The molecule has 1 atom stereocenters. The van der Waals surface area contributed by atoms with E-state index in [1.54, 1.807) is 0 Å². The average molecular weight is 178 g/mol. The number of hydrogen-bond acceptors (Lipinski definition) is 3. The van der Waals surface area contributed by atoms with E-state index in [1.807, 2.05) is 20.0 Å². The summed E-state index contributed by atoms with van der Waals surface area (Å²) in [5.41, 5.74) is 1.04. The summed E-state index contributed by atoms with van der Waals surface area (Å²) < 4.78 is 0. The van der Waals surface area contributed by atoms with Gasteiger partial charge in [-0.1, -0.05) is 0 Å². The van der Waals surface area contributed by atoms with E-state index < -0.39 is 0 Å². The second kappa shape index (κ2) is 4.63. The van der Waals surface area contributed by atoms with Gasteiger partial charge < -0.3 is 10.3 Å². The minimum absolute atomic E-state index is 0.0833. The van der Waals surface area contributed by atoms with Gasteiger partial charge in [-0.2, -0.15) is 5.26 Å². The molecule has 1 heterocycles. The summed E-state index contributed by atoms with van der Waals surface area (Å²) in [5.74, 6) is 0.934. The molecule has 0 saturated heterocycles. The van der Waals surface area contributed by atoms with Crippen molar-refractivity contribution >= 4 is 0 Å². The Morgan fingerprint density at radius 3 is 3.08 bits per heavy atom. The molecule has 0 aliphatic carbocycles. The van der Waals surface area contributed by atoms with Gasteiger partial charge in [-0.05, 0) is 13.8 Å². The Labute approximate surface area is 78.0 Å². The van der Waals surface area contributed by atoms with Crippen LogP contribution in [0.4, 0.5) is 0 Å². The van der Waals surface area contributed by atoms with Crippen LogP contribution in [0.1, 0.15) is 18.4 Å². The Morgan fingerprint density at radius 2 is 2.54 bits per heavy atom. The summed E-state index contributed by atoms with van der Waals surface area (Å²) in [7, 11) is 0. The fourth-order valence-electron chi connectivity index (χ4n) is 1.06. The van der Waals surface area contributed by atoms with E-state index in [9.17, 15) is 0 Å². The normalized spacial score (nSPS) is 12.4. The van der Waals surface area contributed by atoms with Gasteiger partial charge in [0, 0.05) is 19.2 Å². The molecule has 0 aliphatic heterocycles. The van der Waals surface area contributed by atoms with E-state index in [2.05, 4.69) is 21.4 Å². The van der Waals surface area contributed by atoms with Gasteiger partial charge in [0.2, 0.25) is 0 Å². The van der Waals surface area contributed by atoms with E-state index in [0.29, 0.717) is 0 Å². The van der Waals surface area contributed by atoms with Gasteiger partial charge in [-0.3, -0.25) is 0 Å². The van der Waals surface area contributed by atoms with E-state index in [1.165, 1.54) is 0 Å². The van der Waals surface area contributed by atoms with Crippen LogP contribution in [0.15, 0.2) is 6.20 Å². The van der Waals surface area contributed by atoms with Gasteiger partial charge in [-0.15, -0.1) is 0 Å². The SMILES string of the molecule is Cc1nc(CCNC(C)C#N)c[nH]1. The van der Waals surface area contributed by atoms with Crippen LogP contribution >= 0.6 is 0 Å². The summed E-state index contributed by atoms with van der Waals surface area (Å²) in [6.45, 7) is 4.56. The monoisotopic (exact) mass is 178 g/mol. The smallest absolute Gasteiger partial charge is 0.103 e. The molecule has 0 amide bonds. The van der Waals surface area contributed by atoms with Crippen LogP contribution in [-0.2, 0) is 6.42 Å². The van der Waals surface area contributed by atoms with Crippen molar-refractivity contribution < 1.29 is 0 Å². The summed E-state index contributed by atoms with van der Waals surface area (Å²) in [6.07, 6.45) is 2.75. The van der Waals surface area contributed by atoms with Gasteiger partial charge in [0.25, 0.3) is 0 Å². The molecule has 13 heavy (non-hydrogen) atoms. The first-order valence-electron chi connectivity index (χ1n) is 4.36. The first kappa shape index (κ1) is 9.75. The lowest BCUT2D eigenvalue weighted by molar-refractivity contribution is 0.636. The molecule has 4 nitrogen and oxygen atoms in total. The van der Waals surface area contributed by atoms with Crippen LogP contribution in [0.5, 0.6) is 0 Å². The molecular formula is C9H14N4. The number of aromatic amines is 1. The number of hydrogen-bond donors (Lipinski definition) is 2. The predicted octanol–water partition coefficient (Wildman–Crippen LogP) is 0.762. The van der Waals surface area contributed by atoms with Crippen LogP contribution < -0.4 is 5.32 Å². The van der Waals surface area contributed by atoms with Gasteiger partial charge >= 0.3 is 0 Å². The minimum Gasteiger partial charge on any atom is -0.349 e. The Morgan fingerprint density at radius 1 is 1.77 bits per heavy atom. The number of aromatic nitrogens is 2. The lowest BCUT2D eigenvalue weighted by atomic mass is 10.3. The van der Waals surface area contributed by atoms with Gasteiger partial charge in [0.05, 0.1) is 17.8 Å². The molecule has 0 fully saturated rings. The highest BCUT2D eigenvalue weighted by Gasteiger charge is 1.99. The first-order valence-corrected chi connectivity index (χ1v) is 4.36. The third kappa shape index (κ3) is 3.26. The third-order valence-corrected chi connectivity index (χ3v) is 1.78. The topological polar surface area (TPSA) is 64.5 Å². The molecule has 1 aromatic rings. The molecular weight excluding hydrogens is 164 g/mol. The summed E-state index contributed by atoms with van der Waals surface area (Å²) in [4.78, 5) is 7.27. The average Bonchev–Trinajstić information content (AvgIpc) is 2.51. The molecule has 1 unspecified atom stereocenters. The van der Waals surface area contributed by atoms with Crippen molar-refractivity contribution in [3.8, 4) is 6.07 Å². The van der Waals surface area contributed by atoms with Crippen LogP contribution in [-0.4, -0.2) is 22.6 Å². The Bertz CT molecular complexity index is 297. The third-order valence-electron chi connectivity index (χ3n) is 1.78. The molecule has 0 aromatic carbocycles. The van der Waals surface area contributed by atoms with Crippen molar-refractivity contribution in [3.63, 3.8) is 0 Å². The largest absolute Gasteiger partial charge is 0.349 e. The summed E-state index contributed by atoms with van der Waals surface area (Å²) in [6, 6.07) is 2.03. The van der Waals surface area contributed by atoms with E-state index >= 15 is 0 Å². The Balaban J connectivity index is 2.25. The number of nitrogens with zero attached hydrogens (tertiary/aromatic N) is 2. The molecule has 2 N–H and O–H groups in total. The zero-order chi connectivity index (χ0) is 9.68. The second-order valence-corrected chi connectivity index (χ2v) is 3.03. The van der Waals surface area contributed by atoms with Crippen LogP contribution in [0.3, 0.4) is 0 Å². The number of H-pyrrole nitrogens is 1. The van der Waals surface area contributed by atoms with Gasteiger partial charge in [0.1, 0.15) is 5.82 Å². The first-order chi connectivity index (χ1) is 6.22. The molecule has 1 aromatic heterocycles. The highest BCUT2D eigenvalue weighted by molar-refractivity contribution is 5.00. The second-order valence-electron chi connectivity index (χ2n) is 3.03. The minimum atomic E-state index is -0.0833. The van der Waals surface area contributed by atoms with E-state index in [0.717, 1.165) is 24.5 Å². The molecule has 0 bridgehead atoms. The quantitative estimate of drug-likeness (QED) is 0.715. The Kier molecular flexibility index (Phi) is 3.47. The van der Waals surface area contributed by atoms with Crippen molar-refractivity contribution in [1.82, 2.24) is 15.3 Å². The number of nitriles is 1. The van der Waals surface area contributed by atoms with Crippen molar-refractivity contribution in [1.29, 1.82) is 5.26 Å². The van der Waals surface area contributed by atoms with E-state index in [-0.39, 0.29) is 6.04 Å². The molecule has 0 saturated carbocycles. The van der Waals surface area contributed by atoms with Crippen molar-refractivity contribution in [3.05, 3.63) is 17.7 Å². The highest BCUT2D eigenvalue weighted by atomic mass is 14.9. The predicted molar refractivity (Wildman–Crippen MR) is 50.1 cm³/mol. The van der Waals surface area contributed by atoms with Crippen molar-refractivity contribution in [2.45, 2.75) is 26.3 Å². The Hall–Kier alpha value is -1.34. The van der Waals surface area contributed by atoms with Crippen molar-refractivity contribution in [2.24, 2.45) is 0 Å². The summed E-state index contributed by atoms with van der Waals surface area (Å²) >= 11 is 0. The molecule has 0 spiro atoms. The van der Waals surface area contributed by atoms with Gasteiger partial charge in [-0.25, -0.2) is 4.98 Å². The van der Waals surface area contributed by atoms with Crippen LogP contribution in [0.2, 0.25) is 0 Å². The standard InChI is InChI=1S/C9H14N4/c1-7(5-10)11-4-3-9-6-12-8(2)13-9/h6-7,11H,3-4H2,1-2H3,(H,12,13). The lowest BCUT2D eigenvalue weighted by Crippen LogP contribution is -2.26. The maximum Gasteiger partial charge on any atom is 0.103 e. The number of rotatable bonds is 4. The molecule has 1 rings (SSSR count).